The lowest BCUT2D eigenvalue weighted by Gasteiger charge is -2.44. The molecule has 0 amide bonds. The Bertz CT molecular complexity index is 2380. The zero-order valence-electron chi connectivity index (χ0n) is 29.6. The molecule has 0 aliphatic heterocycles. The van der Waals surface area contributed by atoms with Crippen LogP contribution in [-0.2, 0) is 0 Å². The van der Waals surface area contributed by atoms with Gasteiger partial charge in [-0.15, -0.1) is 0 Å². The molecule has 0 aliphatic rings. The minimum absolute atomic E-state index is 0.621. The number of rotatable bonds is 7. The van der Waals surface area contributed by atoms with Gasteiger partial charge in [-0.2, -0.15) is 21.9 Å². The average molecular weight is 866 g/mol. The molecule has 0 heterocycles. The second-order valence-corrected chi connectivity index (χ2v) is 15.4. The van der Waals surface area contributed by atoms with E-state index in [0.29, 0.717) is 0 Å². The molecular formula is C42H19BF16Si. The summed E-state index contributed by atoms with van der Waals surface area (Å²) in [5.74, 6) is -44.3. The summed E-state index contributed by atoms with van der Waals surface area (Å²) in [6, 6.07) is 30.0. The minimum Gasteiger partial charge on any atom is -0.207 e. The Labute approximate surface area is 330 Å². The number of halogens is 16. The molecule has 7 rings (SSSR count). The molecule has 0 atom stereocenters. The van der Waals surface area contributed by atoms with E-state index in [1.807, 2.05) is 0 Å². The standard InChI is InChI=1S/C24H4BF16.C18H15Si/c26-9-1-5(13(30)21(38)17(9)34)25(6-2-10(27)18(35)22(39)14(6)31,7-3-11(28)19(36)23(40)15(7)32)8-4-12(29)20(37)24(41)16(8)33;1-4-10-16(11-5-1)19(17-12-6-2-7-13-17)18-14-8-3-9-15-18/h1-4H;1-15H/q-1;+1. The van der Waals surface area contributed by atoms with E-state index in [2.05, 4.69) is 91.0 Å². The quantitative estimate of drug-likeness (QED) is 0.0513. The van der Waals surface area contributed by atoms with Crippen LogP contribution in [0.3, 0.4) is 0 Å². The maximum atomic E-state index is 15.3. The molecule has 60 heavy (non-hydrogen) atoms. The molecule has 0 aromatic heterocycles. The van der Waals surface area contributed by atoms with Crippen molar-refractivity contribution in [1.29, 1.82) is 0 Å². The Kier molecular flexibility index (Phi) is 12.4. The lowest BCUT2D eigenvalue weighted by molar-refractivity contribution is 0.408. The molecule has 0 N–H and O–H groups in total. The fourth-order valence-corrected chi connectivity index (χ4v) is 9.52. The number of hydrogen-bond donors (Lipinski definition) is 0. The van der Waals surface area contributed by atoms with Gasteiger partial charge in [0.1, 0.15) is 45.0 Å². The van der Waals surface area contributed by atoms with E-state index in [-0.39, 0.29) is 0 Å². The van der Waals surface area contributed by atoms with E-state index in [1.165, 1.54) is 15.6 Å². The molecule has 0 bridgehead atoms. The van der Waals surface area contributed by atoms with Gasteiger partial charge in [0.05, 0.1) is 0 Å². The normalized spacial score (nSPS) is 11.3. The monoisotopic (exact) mass is 866 g/mol. The van der Waals surface area contributed by atoms with Crippen LogP contribution in [0.15, 0.2) is 115 Å². The van der Waals surface area contributed by atoms with Crippen molar-refractivity contribution in [2.75, 3.05) is 0 Å². The van der Waals surface area contributed by atoms with E-state index < -0.39 is 154 Å². The fourth-order valence-electron chi connectivity index (χ4n) is 6.94. The maximum Gasteiger partial charge on any atom is 0.428 e. The predicted molar refractivity (Wildman–Crippen MR) is 193 cm³/mol. The van der Waals surface area contributed by atoms with E-state index >= 15 is 17.6 Å². The average Bonchev–Trinajstić information content (AvgIpc) is 3.26. The zero-order chi connectivity index (χ0) is 43.8. The number of hydrogen-bond acceptors (Lipinski definition) is 0. The molecule has 7 aromatic rings. The summed E-state index contributed by atoms with van der Waals surface area (Å²) in [5.41, 5.74) is -9.06. The first kappa shape index (κ1) is 43.3. The smallest absolute Gasteiger partial charge is 0.207 e. The van der Waals surface area contributed by atoms with E-state index in [9.17, 15) is 52.7 Å². The lowest BCUT2D eigenvalue weighted by Crippen LogP contribution is -2.78. The van der Waals surface area contributed by atoms with Gasteiger partial charge in [0, 0.05) is 0 Å². The third-order valence-electron chi connectivity index (χ3n) is 9.58. The second kappa shape index (κ2) is 17.1. The first-order chi connectivity index (χ1) is 28.4. The van der Waals surface area contributed by atoms with Gasteiger partial charge in [-0.1, -0.05) is 78.9 Å². The molecule has 7 aromatic carbocycles. The molecule has 0 nitrogen and oxygen atoms in total. The van der Waals surface area contributed by atoms with Gasteiger partial charge in [0.15, 0.2) is 69.8 Å². The Balaban J connectivity index is 0.000000263. The van der Waals surface area contributed by atoms with Crippen molar-refractivity contribution >= 4 is 52.4 Å². The molecule has 0 radical (unpaired) electrons. The van der Waals surface area contributed by atoms with Crippen molar-refractivity contribution in [3.63, 3.8) is 0 Å². The Hall–Kier alpha value is -6.30. The van der Waals surface area contributed by atoms with Crippen molar-refractivity contribution in [2.24, 2.45) is 0 Å². The van der Waals surface area contributed by atoms with Crippen LogP contribution < -0.4 is 37.4 Å². The van der Waals surface area contributed by atoms with Crippen molar-refractivity contribution in [3.8, 4) is 0 Å². The van der Waals surface area contributed by atoms with E-state index in [4.69, 9.17) is 0 Å². The summed E-state index contributed by atoms with van der Waals surface area (Å²) in [6.07, 6.45) is -5.62. The molecule has 18 heteroatoms. The molecule has 0 spiro atoms. The SMILES string of the molecule is Fc1cc([B-](c2cc(F)c(F)c(F)c2F)(c2cc(F)c(F)c(F)c2F)c2cc(F)c(F)c(F)c2F)c(F)c(F)c1F.c1ccc([Si+](c2ccccc2)c2ccccc2)cc1. The molecule has 0 unspecified atom stereocenters. The fraction of sp³-hybridized carbons (Fsp3) is 0. The lowest BCUT2D eigenvalue weighted by atomic mass is 9.12. The van der Waals surface area contributed by atoms with Crippen LogP contribution in [0.1, 0.15) is 0 Å². The molecule has 0 aliphatic carbocycles. The summed E-state index contributed by atoms with van der Waals surface area (Å²) < 4.78 is 232. The molecular weight excluding hydrogens is 847 g/mol. The van der Waals surface area contributed by atoms with Gasteiger partial charge in [-0.3, -0.25) is 0 Å². The third-order valence-corrected chi connectivity index (χ3v) is 12.3. The van der Waals surface area contributed by atoms with Gasteiger partial charge < -0.3 is 0 Å². The van der Waals surface area contributed by atoms with Gasteiger partial charge in [0.2, 0.25) is 0 Å². The summed E-state index contributed by atoms with van der Waals surface area (Å²) >= 11 is 0. The highest BCUT2D eigenvalue weighted by Crippen LogP contribution is 2.26. The first-order valence-corrected chi connectivity index (χ1v) is 18.5. The van der Waals surface area contributed by atoms with Crippen LogP contribution in [0.2, 0.25) is 0 Å². The van der Waals surface area contributed by atoms with Crippen molar-refractivity contribution < 1.29 is 70.2 Å². The first-order valence-electron chi connectivity index (χ1n) is 17.0. The van der Waals surface area contributed by atoms with Crippen LogP contribution >= 0.6 is 0 Å². The highest BCUT2D eigenvalue weighted by Gasteiger charge is 2.45. The highest BCUT2D eigenvalue weighted by atomic mass is 28.3. The Morgan fingerprint density at radius 2 is 0.450 bits per heavy atom. The van der Waals surface area contributed by atoms with Crippen molar-refractivity contribution in [3.05, 3.63) is 208 Å². The summed E-state index contributed by atoms with van der Waals surface area (Å²) in [6.45, 7) is 0. The summed E-state index contributed by atoms with van der Waals surface area (Å²) in [7, 11) is -0.877. The third kappa shape index (κ3) is 7.43. The largest absolute Gasteiger partial charge is 0.428 e. The van der Waals surface area contributed by atoms with Crippen molar-refractivity contribution in [2.45, 2.75) is 0 Å². The van der Waals surface area contributed by atoms with Crippen LogP contribution in [0.5, 0.6) is 0 Å². The van der Waals surface area contributed by atoms with E-state index in [0.717, 1.165) is 0 Å². The van der Waals surface area contributed by atoms with Crippen molar-refractivity contribution in [1.82, 2.24) is 0 Å². The number of benzene rings is 7. The van der Waals surface area contributed by atoms with Crippen LogP contribution in [0, 0.1) is 93.1 Å². The summed E-state index contributed by atoms with van der Waals surface area (Å²) in [4.78, 5) is 0. The topological polar surface area (TPSA) is 0 Å². The molecule has 0 saturated heterocycles. The second-order valence-electron chi connectivity index (χ2n) is 12.9. The predicted octanol–water partition coefficient (Wildman–Crippen LogP) is 7.49. The Morgan fingerprint density at radius 1 is 0.250 bits per heavy atom. The van der Waals surface area contributed by atoms with E-state index in [1.54, 1.807) is 0 Å². The van der Waals surface area contributed by atoms with Gasteiger partial charge in [-0.05, 0) is 36.4 Å². The highest BCUT2D eigenvalue weighted by molar-refractivity contribution is 7.20. The summed E-state index contributed by atoms with van der Waals surface area (Å²) in [5, 5.41) is 4.31. The van der Waals surface area contributed by atoms with Gasteiger partial charge in [-0.25, -0.2) is 70.2 Å². The minimum atomic E-state index is -5.62. The van der Waals surface area contributed by atoms with Crippen LogP contribution in [0.25, 0.3) is 0 Å². The van der Waals surface area contributed by atoms with Gasteiger partial charge >= 0.3 is 8.80 Å². The Morgan fingerprint density at radius 3 is 0.650 bits per heavy atom. The molecule has 306 valence electrons. The van der Waals surface area contributed by atoms with Gasteiger partial charge in [0.25, 0.3) is 0 Å². The molecule has 0 saturated carbocycles. The molecule has 0 fully saturated rings. The van der Waals surface area contributed by atoms with Crippen LogP contribution in [0.4, 0.5) is 70.2 Å². The van der Waals surface area contributed by atoms with Crippen LogP contribution in [-0.4, -0.2) is 14.9 Å². The zero-order valence-corrected chi connectivity index (χ0v) is 30.6. The maximum absolute atomic E-state index is 15.3.